The van der Waals surface area contributed by atoms with Crippen LogP contribution in [0.4, 0.5) is 10.1 Å². The Balaban J connectivity index is 2.10. The van der Waals surface area contributed by atoms with Crippen LogP contribution in [0.1, 0.15) is 18.5 Å². The van der Waals surface area contributed by atoms with Gasteiger partial charge < -0.3 is 10.1 Å². The van der Waals surface area contributed by atoms with Crippen LogP contribution >= 0.6 is 15.9 Å². The molecule has 0 aliphatic heterocycles. The Morgan fingerprint density at radius 3 is 2.42 bits per heavy atom. The van der Waals surface area contributed by atoms with Crippen molar-refractivity contribution in [2.45, 2.75) is 13.0 Å². The van der Waals surface area contributed by atoms with Crippen LogP contribution in [0.3, 0.4) is 0 Å². The Morgan fingerprint density at radius 1 is 1.16 bits per heavy atom. The molecule has 0 bridgehead atoms. The number of halogens is 2. The van der Waals surface area contributed by atoms with Gasteiger partial charge in [-0.2, -0.15) is 0 Å². The average molecular weight is 324 g/mol. The van der Waals surface area contributed by atoms with Gasteiger partial charge in [0, 0.05) is 11.7 Å². The van der Waals surface area contributed by atoms with Crippen molar-refractivity contribution in [3.63, 3.8) is 0 Å². The first-order valence-electron chi connectivity index (χ1n) is 5.95. The third-order valence-electron chi connectivity index (χ3n) is 2.92. The first kappa shape index (κ1) is 13.9. The fourth-order valence-electron chi connectivity index (χ4n) is 1.80. The van der Waals surface area contributed by atoms with E-state index in [2.05, 4.69) is 21.2 Å². The summed E-state index contributed by atoms with van der Waals surface area (Å²) in [5.41, 5.74) is 2.01. The molecule has 0 saturated carbocycles. The second-order valence-electron chi connectivity index (χ2n) is 4.27. The van der Waals surface area contributed by atoms with Gasteiger partial charge in [-0.1, -0.05) is 6.07 Å². The lowest BCUT2D eigenvalue weighted by Gasteiger charge is -2.16. The Kier molecular flexibility index (Phi) is 4.43. The van der Waals surface area contributed by atoms with Crippen molar-refractivity contribution in [3.8, 4) is 5.75 Å². The molecule has 0 fully saturated rings. The predicted molar refractivity (Wildman–Crippen MR) is 79.1 cm³/mol. The molecule has 0 heterocycles. The molecule has 100 valence electrons. The molecule has 0 aliphatic carbocycles. The summed E-state index contributed by atoms with van der Waals surface area (Å²) in [6.45, 7) is 2.03. The van der Waals surface area contributed by atoms with Crippen LogP contribution in [0.5, 0.6) is 5.75 Å². The first-order chi connectivity index (χ1) is 9.10. The number of hydrogen-bond donors (Lipinski definition) is 1. The van der Waals surface area contributed by atoms with Gasteiger partial charge in [0.25, 0.3) is 0 Å². The highest BCUT2D eigenvalue weighted by atomic mass is 79.9. The normalized spacial score (nSPS) is 12.0. The predicted octanol–water partition coefficient (Wildman–Crippen LogP) is 4.77. The third-order valence-corrected chi connectivity index (χ3v) is 3.52. The molecule has 2 aromatic rings. The van der Waals surface area contributed by atoms with Crippen molar-refractivity contribution >= 4 is 21.6 Å². The zero-order valence-electron chi connectivity index (χ0n) is 10.8. The highest BCUT2D eigenvalue weighted by Gasteiger charge is 2.08. The number of anilines is 1. The fourth-order valence-corrected chi connectivity index (χ4v) is 2.20. The van der Waals surface area contributed by atoms with Crippen LogP contribution in [-0.4, -0.2) is 7.11 Å². The molecule has 0 amide bonds. The fraction of sp³-hybridized carbons (Fsp3) is 0.200. The monoisotopic (exact) mass is 323 g/mol. The summed E-state index contributed by atoms with van der Waals surface area (Å²) in [6.07, 6.45) is 0. The topological polar surface area (TPSA) is 21.3 Å². The molecule has 2 rings (SSSR count). The molecule has 1 atom stereocenters. The summed E-state index contributed by atoms with van der Waals surface area (Å²) in [5, 5.41) is 3.36. The lowest BCUT2D eigenvalue weighted by Crippen LogP contribution is -2.06. The molecule has 2 aromatic carbocycles. The summed E-state index contributed by atoms with van der Waals surface area (Å²) < 4.78 is 18.8. The molecule has 0 spiro atoms. The van der Waals surface area contributed by atoms with Gasteiger partial charge in [-0.3, -0.25) is 0 Å². The minimum absolute atomic E-state index is 0.0882. The van der Waals surface area contributed by atoms with Gasteiger partial charge in [-0.25, -0.2) is 4.39 Å². The van der Waals surface area contributed by atoms with E-state index in [4.69, 9.17) is 4.74 Å². The van der Waals surface area contributed by atoms with E-state index in [1.807, 2.05) is 31.2 Å². The van der Waals surface area contributed by atoms with E-state index >= 15 is 0 Å². The maximum atomic E-state index is 13.2. The standard InChI is InChI=1S/C15H15BrFNO/c1-10(11-3-8-15(17)14(16)9-11)18-12-4-6-13(19-2)7-5-12/h3-10,18H,1-2H3. The van der Waals surface area contributed by atoms with E-state index in [-0.39, 0.29) is 11.9 Å². The van der Waals surface area contributed by atoms with Gasteiger partial charge in [0.2, 0.25) is 0 Å². The molecule has 1 N–H and O–H groups in total. The molecule has 0 aliphatic rings. The van der Waals surface area contributed by atoms with E-state index in [0.717, 1.165) is 17.0 Å². The number of hydrogen-bond acceptors (Lipinski definition) is 2. The van der Waals surface area contributed by atoms with Crippen LogP contribution in [0.2, 0.25) is 0 Å². The number of benzene rings is 2. The van der Waals surface area contributed by atoms with Crippen molar-refractivity contribution in [1.29, 1.82) is 0 Å². The number of rotatable bonds is 4. The summed E-state index contributed by atoms with van der Waals surface area (Å²) in [6, 6.07) is 12.8. The molecular weight excluding hydrogens is 309 g/mol. The smallest absolute Gasteiger partial charge is 0.137 e. The maximum Gasteiger partial charge on any atom is 0.137 e. The second kappa shape index (κ2) is 6.06. The molecule has 19 heavy (non-hydrogen) atoms. The summed E-state index contributed by atoms with van der Waals surface area (Å²) in [4.78, 5) is 0. The second-order valence-corrected chi connectivity index (χ2v) is 5.12. The third kappa shape index (κ3) is 3.47. The van der Waals surface area contributed by atoms with Crippen molar-refractivity contribution in [2.24, 2.45) is 0 Å². The van der Waals surface area contributed by atoms with Crippen molar-refractivity contribution < 1.29 is 9.13 Å². The van der Waals surface area contributed by atoms with Gasteiger partial charge in [0.1, 0.15) is 11.6 Å². The van der Waals surface area contributed by atoms with Gasteiger partial charge >= 0.3 is 0 Å². The highest BCUT2D eigenvalue weighted by Crippen LogP contribution is 2.25. The van der Waals surface area contributed by atoms with Gasteiger partial charge in [0.05, 0.1) is 11.6 Å². The minimum Gasteiger partial charge on any atom is -0.497 e. The Bertz CT molecular complexity index is 557. The zero-order chi connectivity index (χ0) is 13.8. The Morgan fingerprint density at radius 2 is 1.84 bits per heavy atom. The van der Waals surface area contributed by atoms with E-state index < -0.39 is 0 Å². The van der Waals surface area contributed by atoms with Gasteiger partial charge in [-0.15, -0.1) is 0 Å². The number of nitrogens with one attached hydrogen (secondary N) is 1. The quantitative estimate of drug-likeness (QED) is 0.875. The Labute approximate surface area is 120 Å². The average Bonchev–Trinajstić information content (AvgIpc) is 2.42. The van der Waals surface area contributed by atoms with Crippen LogP contribution in [-0.2, 0) is 0 Å². The molecule has 2 nitrogen and oxygen atoms in total. The lowest BCUT2D eigenvalue weighted by atomic mass is 10.1. The summed E-state index contributed by atoms with van der Waals surface area (Å²) in [7, 11) is 1.64. The molecule has 1 unspecified atom stereocenters. The van der Waals surface area contributed by atoms with E-state index in [9.17, 15) is 4.39 Å². The highest BCUT2D eigenvalue weighted by molar-refractivity contribution is 9.10. The van der Waals surface area contributed by atoms with Crippen molar-refractivity contribution in [2.75, 3.05) is 12.4 Å². The molecule has 4 heteroatoms. The Hall–Kier alpha value is -1.55. The van der Waals surface area contributed by atoms with E-state index in [0.29, 0.717) is 4.47 Å². The molecule has 0 aromatic heterocycles. The molecule has 0 radical (unpaired) electrons. The van der Waals surface area contributed by atoms with Crippen molar-refractivity contribution in [3.05, 3.63) is 58.3 Å². The van der Waals surface area contributed by atoms with Crippen LogP contribution in [0.25, 0.3) is 0 Å². The zero-order valence-corrected chi connectivity index (χ0v) is 12.4. The summed E-state index contributed by atoms with van der Waals surface area (Å²) in [5.74, 6) is 0.572. The largest absolute Gasteiger partial charge is 0.497 e. The van der Waals surface area contributed by atoms with Crippen molar-refractivity contribution in [1.82, 2.24) is 0 Å². The maximum absolute atomic E-state index is 13.2. The molecular formula is C15H15BrFNO. The van der Waals surface area contributed by atoms with Crippen LogP contribution in [0, 0.1) is 5.82 Å². The lowest BCUT2D eigenvalue weighted by molar-refractivity contribution is 0.415. The van der Waals surface area contributed by atoms with Crippen LogP contribution < -0.4 is 10.1 Å². The molecule has 0 saturated heterocycles. The van der Waals surface area contributed by atoms with Crippen LogP contribution in [0.15, 0.2) is 46.9 Å². The van der Waals surface area contributed by atoms with E-state index in [1.54, 1.807) is 19.2 Å². The number of ether oxygens (including phenoxy) is 1. The van der Waals surface area contributed by atoms with E-state index in [1.165, 1.54) is 6.07 Å². The minimum atomic E-state index is -0.250. The van der Waals surface area contributed by atoms with Gasteiger partial charge in [-0.05, 0) is 64.8 Å². The van der Waals surface area contributed by atoms with Gasteiger partial charge in [0.15, 0.2) is 0 Å². The SMILES string of the molecule is COc1ccc(NC(C)c2ccc(F)c(Br)c2)cc1. The summed E-state index contributed by atoms with van der Waals surface area (Å²) >= 11 is 3.20. The first-order valence-corrected chi connectivity index (χ1v) is 6.75. The number of methoxy groups -OCH3 is 1.